The van der Waals surface area contributed by atoms with Gasteiger partial charge in [-0.25, -0.2) is 4.79 Å². The molecule has 2 N–H and O–H groups in total. The molecular weight excluding hydrogens is 460 g/mol. The SMILES string of the molecule is CC(=O)OC/C=C\c1ccccc1NC(=S)[C@H](Cc1ccccc1)NC(=O)OCc1ccccc1. The quantitative estimate of drug-likeness (QED) is 0.288. The molecule has 0 bridgehead atoms. The molecular formula is C28H28N2O4S. The number of nitrogens with one attached hydrogen (secondary N) is 2. The normalized spacial score (nSPS) is 11.5. The number of carbonyl (C=O) groups is 2. The molecule has 0 aliphatic heterocycles. The van der Waals surface area contributed by atoms with Crippen LogP contribution < -0.4 is 10.6 Å². The summed E-state index contributed by atoms with van der Waals surface area (Å²) in [4.78, 5) is 24.0. The van der Waals surface area contributed by atoms with Crippen LogP contribution in [0.3, 0.4) is 0 Å². The molecule has 0 aromatic heterocycles. The monoisotopic (exact) mass is 488 g/mol. The number of ether oxygens (including phenoxy) is 2. The molecule has 1 amide bonds. The van der Waals surface area contributed by atoms with E-state index in [1.807, 2.05) is 91.0 Å². The fraction of sp³-hybridized carbons (Fsp3) is 0.179. The predicted octanol–water partition coefficient (Wildman–Crippen LogP) is 5.54. The first-order chi connectivity index (χ1) is 17.0. The molecule has 0 aliphatic carbocycles. The molecule has 3 rings (SSSR count). The van der Waals surface area contributed by atoms with Gasteiger partial charge < -0.3 is 20.1 Å². The zero-order chi connectivity index (χ0) is 24.9. The number of thiocarbonyl (C=S) groups is 1. The molecule has 180 valence electrons. The van der Waals surface area contributed by atoms with Gasteiger partial charge in [-0.1, -0.05) is 97.2 Å². The molecule has 7 heteroatoms. The molecule has 0 fully saturated rings. The van der Waals surface area contributed by atoms with Gasteiger partial charge in [-0.3, -0.25) is 4.79 Å². The first kappa shape index (κ1) is 25.6. The van der Waals surface area contributed by atoms with Crippen molar-refractivity contribution >= 4 is 41.0 Å². The number of amides is 1. The summed E-state index contributed by atoms with van der Waals surface area (Å²) >= 11 is 5.71. The second-order valence-corrected chi connectivity index (χ2v) is 8.17. The number of hydrogen-bond donors (Lipinski definition) is 2. The summed E-state index contributed by atoms with van der Waals surface area (Å²) in [6, 6.07) is 26.4. The molecule has 0 heterocycles. The molecule has 0 radical (unpaired) electrons. The standard InChI is InChI=1S/C28H28N2O4S/c1-21(31)33-18-10-16-24-15-8-9-17-25(24)29-27(35)26(19-22-11-4-2-5-12-22)30-28(32)34-20-23-13-6-3-7-14-23/h2-17,26H,18-20H2,1H3,(H,29,35)(H,30,32)/b16-10-/t26-/m0/s1. The predicted molar refractivity (Wildman–Crippen MR) is 142 cm³/mol. The van der Waals surface area contributed by atoms with Crippen LogP contribution in [0, 0.1) is 0 Å². The molecule has 0 saturated carbocycles. The largest absolute Gasteiger partial charge is 0.462 e. The van der Waals surface area contributed by atoms with E-state index in [0.29, 0.717) is 11.4 Å². The lowest BCUT2D eigenvalue weighted by Gasteiger charge is -2.22. The molecule has 0 unspecified atom stereocenters. The minimum absolute atomic E-state index is 0.168. The van der Waals surface area contributed by atoms with E-state index in [0.717, 1.165) is 22.4 Å². The summed E-state index contributed by atoms with van der Waals surface area (Å²) in [7, 11) is 0. The Hall–Kier alpha value is -3.97. The van der Waals surface area contributed by atoms with Gasteiger partial charge in [-0.2, -0.15) is 0 Å². The molecule has 0 aliphatic rings. The van der Waals surface area contributed by atoms with Crippen LogP contribution in [0.1, 0.15) is 23.6 Å². The molecule has 35 heavy (non-hydrogen) atoms. The number of hydrogen-bond acceptors (Lipinski definition) is 5. The smallest absolute Gasteiger partial charge is 0.408 e. The van der Waals surface area contributed by atoms with E-state index in [9.17, 15) is 9.59 Å². The van der Waals surface area contributed by atoms with E-state index < -0.39 is 12.1 Å². The maximum absolute atomic E-state index is 12.6. The highest BCUT2D eigenvalue weighted by atomic mass is 32.1. The lowest BCUT2D eigenvalue weighted by Crippen LogP contribution is -2.44. The highest BCUT2D eigenvalue weighted by molar-refractivity contribution is 7.80. The van der Waals surface area contributed by atoms with Gasteiger partial charge in [0.15, 0.2) is 0 Å². The van der Waals surface area contributed by atoms with Crippen LogP contribution in [0.15, 0.2) is 91.0 Å². The summed E-state index contributed by atoms with van der Waals surface area (Å²) in [5.41, 5.74) is 3.57. The van der Waals surface area contributed by atoms with Gasteiger partial charge in [0.25, 0.3) is 0 Å². The summed E-state index contributed by atoms with van der Waals surface area (Å²) in [5, 5.41) is 6.16. The third-order valence-electron chi connectivity index (χ3n) is 5.00. The lowest BCUT2D eigenvalue weighted by atomic mass is 10.1. The Labute approximate surface area is 211 Å². The summed E-state index contributed by atoms with van der Waals surface area (Å²) < 4.78 is 10.4. The van der Waals surface area contributed by atoms with Crippen molar-refractivity contribution in [2.75, 3.05) is 11.9 Å². The fourth-order valence-electron chi connectivity index (χ4n) is 3.28. The van der Waals surface area contributed by atoms with E-state index in [2.05, 4.69) is 10.6 Å². The molecule has 0 spiro atoms. The minimum atomic E-state index is -0.548. The van der Waals surface area contributed by atoms with Crippen molar-refractivity contribution in [2.45, 2.75) is 26.0 Å². The Morgan fingerprint density at radius 2 is 1.51 bits per heavy atom. The van der Waals surface area contributed by atoms with Crippen molar-refractivity contribution < 1.29 is 19.1 Å². The number of anilines is 1. The first-order valence-electron chi connectivity index (χ1n) is 11.2. The van der Waals surface area contributed by atoms with Crippen molar-refractivity contribution in [3.8, 4) is 0 Å². The van der Waals surface area contributed by atoms with Gasteiger partial charge in [-0.05, 0) is 35.3 Å². The Bertz CT molecular complexity index is 1150. The molecule has 0 saturated heterocycles. The summed E-state index contributed by atoms with van der Waals surface area (Å²) in [5.74, 6) is -0.337. The van der Waals surface area contributed by atoms with Crippen molar-refractivity contribution in [1.82, 2.24) is 5.32 Å². The van der Waals surface area contributed by atoms with E-state index in [4.69, 9.17) is 21.7 Å². The number of esters is 1. The number of rotatable bonds is 10. The zero-order valence-electron chi connectivity index (χ0n) is 19.5. The number of alkyl carbamates (subject to hydrolysis) is 1. The Balaban J connectivity index is 1.69. The fourth-order valence-corrected chi connectivity index (χ4v) is 3.53. The summed E-state index contributed by atoms with van der Waals surface area (Å²) in [6.45, 7) is 1.72. The average Bonchev–Trinajstić information content (AvgIpc) is 2.87. The van der Waals surface area contributed by atoms with Gasteiger partial charge in [0.2, 0.25) is 0 Å². The Kier molecular flexibility index (Phi) is 10.0. The third-order valence-corrected chi connectivity index (χ3v) is 5.39. The van der Waals surface area contributed by atoms with Crippen LogP contribution in [0.4, 0.5) is 10.5 Å². The number of carbonyl (C=O) groups excluding carboxylic acids is 2. The number of benzene rings is 3. The molecule has 3 aromatic rings. The van der Waals surface area contributed by atoms with Gasteiger partial charge in [0.1, 0.15) is 18.2 Å². The van der Waals surface area contributed by atoms with Gasteiger partial charge in [0.05, 0.1) is 6.04 Å². The van der Waals surface area contributed by atoms with Crippen LogP contribution in [-0.2, 0) is 27.3 Å². The lowest BCUT2D eigenvalue weighted by molar-refractivity contribution is -0.139. The number of para-hydroxylation sites is 1. The Morgan fingerprint density at radius 1 is 0.886 bits per heavy atom. The third kappa shape index (κ3) is 9.06. The van der Waals surface area contributed by atoms with E-state index >= 15 is 0 Å². The van der Waals surface area contributed by atoms with Crippen LogP contribution >= 0.6 is 12.2 Å². The van der Waals surface area contributed by atoms with Crippen LogP contribution in [0.2, 0.25) is 0 Å². The Morgan fingerprint density at radius 3 is 2.20 bits per heavy atom. The average molecular weight is 489 g/mol. The van der Waals surface area contributed by atoms with Gasteiger partial charge >= 0.3 is 12.1 Å². The van der Waals surface area contributed by atoms with Crippen LogP contribution in [0.25, 0.3) is 6.08 Å². The summed E-state index contributed by atoms with van der Waals surface area (Å²) in [6.07, 6.45) is 3.55. The maximum Gasteiger partial charge on any atom is 0.408 e. The van der Waals surface area contributed by atoms with Crippen LogP contribution in [-0.4, -0.2) is 29.7 Å². The first-order valence-corrected chi connectivity index (χ1v) is 11.6. The van der Waals surface area contributed by atoms with Gasteiger partial charge in [0, 0.05) is 12.6 Å². The van der Waals surface area contributed by atoms with E-state index in [-0.39, 0.29) is 19.2 Å². The highest BCUT2D eigenvalue weighted by Gasteiger charge is 2.20. The topological polar surface area (TPSA) is 76.7 Å². The van der Waals surface area contributed by atoms with Crippen molar-refractivity contribution in [2.24, 2.45) is 0 Å². The molecule has 6 nitrogen and oxygen atoms in total. The minimum Gasteiger partial charge on any atom is -0.462 e. The van der Waals surface area contributed by atoms with Crippen molar-refractivity contribution in [3.05, 3.63) is 108 Å². The second-order valence-electron chi connectivity index (χ2n) is 7.73. The molecule has 1 atom stereocenters. The van der Waals surface area contributed by atoms with Crippen molar-refractivity contribution in [3.63, 3.8) is 0 Å². The van der Waals surface area contributed by atoms with Gasteiger partial charge in [-0.15, -0.1) is 0 Å². The second kappa shape index (κ2) is 13.7. The highest BCUT2D eigenvalue weighted by Crippen LogP contribution is 2.18. The maximum atomic E-state index is 12.6. The van der Waals surface area contributed by atoms with Crippen molar-refractivity contribution in [1.29, 1.82) is 0 Å². The van der Waals surface area contributed by atoms with E-state index in [1.54, 1.807) is 6.08 Å². The van der Waals surface area contributed by atoms with E-state index in [1.165, 1.54) is 6.92 Å². The van der Waals surface area contributed by atoms with Crippen LogP contribution in [0.5, 0.6) is 0 Å². The molecule has 3 aromatic carbocycles. The zero-order valence-corrected chi connectivity index (χ0v) is 20.3.